The molecule has 1 saturated heterocycles. The Morgan fingerprint density at radius 3 is 2.00 bits per heavy atom. The molecule has 2 atom stereocenters. The average molecular weight is 776 g/mol. The van der Waals surface area contributed by atoms with Crippen molar-refractivity contribution in [2.75, 3.05) is 26.2 Å². The number of hydrogen-bond acceptors (Lipinski definition) is 5. The van der Waals surface area contributed by atoms with E-state index < -0.39 is 88.7 Å². The summed E-state index contributed by atoms with van der Waals surface area (Å²) in [7, 11) is 0. The van der Waals surface area contributed by atoms with Gasteiger partial charge in [-0.05, 0) is 113 Å². The van der Waals surface area contributed by atoms with Gasteiger partial charge in [-0.25, -0.2) is 13.2 Å². The van der Waals surface area contributed by atoms with Crippen molar-refractivity contribution in [1.82, 2.24) is 14.8 Å². The van der Waals surface area contributed by atoms with Gasteiger partial charge in [0.15, 0.2) is 0 Å². The van der Waals surface area contributed by atoms with Gasteiger partial charge in [-0.1, -0.05) is 0 Å². The first kappa shape index (κ1) is 42.4. The van der Waals surface area contributed by atoms with Crippen LogP contribution in [0.5, 0.6) is 0 Å². The lowest BCUT2D eigenvalue weighted by Gasteiger charge is -2.31. The van der Waals surface area contributed by atoms with Crippen LogP contribution in [0.25, 0.3) is 11.1 Å². The molecule has 4 rings (SSSR count). The van der Waals surface area contributed by atoms with Crippen molar-refractivity contribution < 1.29 is 53.8 Å². The zero-order chi connectivity index (χ0) is 40.5. The molecule has 1 unspecified atom stereocenters. The SMILES string of the molecule is CCOC(=O)C[C@H](NC(=O)C(CC(C)(C)F)n1cc(CCN2CCC2)c(C(F)(F)F)cc1=O)c1c(F)c(C)cc(-c2c(C)cc(C(F)(F)F)cc2C)c1F. The van der Waals surface area contributed by atoms with Gasteiger partial charge < -0.3 is 19.5 Å². The van der Waals surface area contributed by atoms with Crippen LogP contribution in [0.15, 0.2) is 35.3 Å². The van der Waals surface area contributed by atoms with E-state index in [2.05, 4.69) is 5.32 Å². The van der Waals surface area contributed by atoms with Crippen molar-refractivity contribution in [3.05, 3.63) is 91.4 Å². The molecule has 296 valence electrons. The highest BCUT2D eigenvalue weighted by molar-refractivity contribution is 5.82. The van der Waals surface area contributed by atoms with Crippen LogP contribution in [0.1, 0.15) is 91.1 Å². The van der Waals surface area contributed by atoms with Crippen LogP contribution in [0, 0.1) is 32.4 Å². The third kappa shape index (κ3) is 9.85. The Bertz CT molecular complexity index is 1920. The number of nitrogens with zero attached hydrogens (tertiary/aromatic N) is 2. The van der Waals surface area contributed by atoms with Crippen molar-refractivity contribution in [1.29, 1.82) is 0 Å². The fourth-order valence-electron chi connectivity index (χ4n) is 6.68. The summed E-state index contributed by atoms with van der Waals surface area (Å²) in [6.45, 7) is 8.77. The number of alkyl halides is 7. The summed E-state index contributed by atoms with van der Waals surface area (Å²) in [4.78, 5) is 42.1. The van der Waals surface area contributed by atoms with E-state index in [1.165, 1.54) is 27.7 Å². The maximum Gasteiger partial charge on any atom is 0.416 e. The Kier molecular flexibility index (Phi) is 12.7. The number of amides is 1. The van der Waals surface area contributed by atoms with Gasteiger partial charge in [-0.3, -0.25) is 14.4 Å². The number of pyridine rings is 1. The number of ether oxygens (including phenoxy) is 1. The topological polar surface area (TPSA) is 80.6 Å². The molecule has 1 fully saturated rings. The van der Waals surface area contributed by atoms with Crippen molar-refractivity contribution in [2.45, 2.75) is 97.3 Å². The largest absolute Gasteiger partial charge is 0.466 e. The predicted octanol–water partition coefficient (Wildman–Crippen LogP) is 8.49. The van der Waals surface area contributed by atoms with Gasteiger partial charge in [0.05, 0.1) is 30.2 Å². The fourth-order valence-corrected chi connectivity index (χ4v) is 6.68. The summed E-state index contributed by atoms with van der Waals surface area (Å²) in [6, 6.07) is -0.804. The van der Waals surface area contributed by atoms with E-state index in [-0.39, 0.29) is 53.0 Å². The van der Waals surface area contributed by atoms with Crippen LogP contribution in [0.2, 0.25) is 0 Å². The molecule has 2 aromatic carbocycles. The molecule has 1 amide bonds. The first-order chi connectivity index (χ1) is 24.9. The second-order valence-corrected chi connectivity index (χ2v) is 14.2. The van der Waals surface area contributed by atoms with Crippen LogP contribution < -0.4 is 10.9 Å². The molecule has 1 N–H and O–H groups in total. The van der Waals surface area contributed by atoms with Crippen LogP contribution in [-0.2, 0) is 33.1 Å². The van der Waals surface area contributed by atoms with E-state index in [1.54, 1.807) is 0 Å². The Morgan fingerprint density at radius 1 is 0.889 bits per heavy atom. The van der Waals surface area contributed by atoms with E-state index in [0.29, 0.717) is 23.7 Å². The van der Waals surface area contributed by atoms with Gasteiger partial charge in [0, 0.05) is 36.4 Å². The Labute approximate surface area is 306 Å². The highest BCUT2D eigenvalue weighted by atomic mass is 19.4. The lowest BCUT2D eigenvalue weighted by Crippen LogP contribution is -2.43. The molecule has 0 bridgehead atoms. The Morgan fingerprint density at radius 2 is 1.50 bits per heavy atom. The summed E-state index contributed by atoms with van der Waals surface area (Å²) in [5.41, 5.74) is -7.56. The molecule has 54 heavy (non-hydrogen) atoms. The zero-order valence-corrected chi connectivity index (χ0v) is 30.6. The van der Waals surface area contributed by atoms with E-state index in [1.807, 2.05) is 4.90 Å². The maximum atomic E-state index is 16.7. The van der Waals surface area contributed by atoms with Gasteiger partial charge >= 0.3 is 18.3 Å². The normalized spacial score (nSPS) is 15.1. The molecular formula is C38H42F9N3O4. The Hall–Kier alpha value is -4.34. The number of aryl methyl sites for hydroxylation is 3. The average Bonchev–Trinajstić information content (AvgIpc) is 3.00. The summed E-state index contributed by atoms with van der Waals surface area (Å²) in [5, 5.41) is 2.32. The third-order valence-corrected chi connectivity index (χ3v) is 9.32. The van der Waals surface area contributed by atoms with Crippen molar-refractivity contribution in [2.24, 2.45) is 0 Å². The standard InChI is InChI=1S/C38H42F9N3O4/c1-7-54-30(52)17-27(32-33(39)22(4)15-25(34(32)40)31-20(2)13-24(14-21(31)3)37(42,43)44)48-35(53)28(18-36(5,6)41)50-19-23(9-12-49-10-8-11-49)26(16-29(50)51)38(45,46)47/h13-16,19,27-28H,7-12,17-18H2,1-6H3,(H,48,53)/t27-,28?/m0/s1. The molecule has 7 nitrogen and oxygen atoms in total. The van der Waals surface area contributed by atoms with Gasteiger partial charge in [0.1, 0.15) is 23.3 Å². The molecular weight excluding hydrogens is 733 g/mol. The molecule has 0 saturated carbocycles. The number of benzene rings is 2. The van der Waals surface area contributed by atoms with Gasteiger partial charge in [0.2, 0.25) is 5.91 Å². The Balaban J connectivity index is 1.87. The minimum Gasteiger partial charge on any atom is -0.466 e. The highest BCUT2D eigenvalue weighted by Crippen LogP contribution is 2.40. The number of hydrogen-bond donors (Lipinski definition) is 1. The predicted molar refractivity (Wildman–Crippen MR) is 182 cm³/mol. The van der Waals surface area contributed by atoms with Crippen molar-refractivity contribution in [3.8, 4) is 11.1 Å². The highest BCUT2D eigenvalue weighted by Gasteiger charge is 2.39. The van der Waals surface area contributed by atoms with E-state index in [9.17, 15) is 40.7 Å². The van der Waals surface area contributed by atoms with Crippen LogP contribution in [-0.4, -0.2) is 53.3 Å². The van der Waals surface area contributed by atoms with E-state index in [4.69, 9.17) is 4.74 Å². The number of halogens is 9. The third-order valence-electron chi connectivity index (χ3n) is 9.32. The molecule has 2 heterocycles. The minimum absolute atomic E-state index is 0.00909. The first-order valence-electron chi connectivity index (χ1n) is 17.3. The molecule has 0 aliphatic carbocycles. The van der Waals surface area contributed by atoms with Gasteiger partial charge in [0.25, 0.3) is 5.56 Å². The van der Waals surface area contributed by atoms with Crippen LogP contribution >= 0.6 is 0 Å². The summed E-state index contributed by atoms with van der Waals surface area (Å²) in [6.07, 6.45) is -9.80. The number of esters is 1. The monoisotopic (exact) mass is 775 g/mol. The fraction of sp³-hybridized carbons (Fsp3) is 0.500. The maximum absolute atomic E-state index is 16.7. The lowest BCUT2D eigenvalue weighted by molar-refractivity contribution is -0.144. The van der Waals surface area contributed by atoms with Gasteiger partial charge in [-0.15, -0.1) is 0 Å². The first-order valence-corrected chi connectivity index (χ1v) is 17.3. The molecule has 1 aromatic heterocycles. The molecule has 16 heteroatoms. The van der Waals surface area contributed by atoms with E-state index in [0.717, 1.165) is 44.7 Å². The number of carbonyl (C=O) groups is 2. The number of aromatic nitrogens is 1. The number of rotatable bonds is 13. The number of nitrogens with one attached hydrogen (secondary N) is 1. The lowest BCUT2D eigenvalue weighted by atomic mass is 9.88. The van der Waals surface area contributed by atoms with Crippen molar-refractivity contribution >= 4 is 11.9 Å². The van der Waals surface area contributed by atoms with E-state index >= 15 is 13.2 Å². The number of likely N-dealkylation sites (tertiary alicyclic amines) is 1. The molecule has 3 aromatic rings. The smallest absolute Gasteiger partial charge is 0.416 e. The van der Waals surface area contributed by atoms with Crippen LogP contribution in [0.4, 0.5) is 39.5 Å². The second kappa shape index (κ2) is 16.2. The zero-order valence-electron chi connectivity index (χ0n) is 30.6. The molecule has 0 radical (unpaired) electrons. The molecule has 0 spiro atoms. The van der Waals surface area contributed by atoms with Gasteiger partial charge in [-0.2, -0.15) is 26.3 Å². The summed E-state index contributed by atoms with van der Waals surface area (Å²) >= 11 is 0. The minimum atomic E-state index is -4.94. The summed E-state index contributed by atoms with van der Waals surface area (Å²) in [5.74, 6) is -4.85. The number of carbonyl (C=O) groups excluding carboxylic acids is 2. The molecule has 1 aliphatic rings. The second-order valence-electron chi connectivity index (χ2n) is 14.2. The quantitative estimate of drug-likeness (QED) is 0.139. The molecule has 1 aliphatic heterocycles. The van der Waals surface area contributed by atoms with Crippen molar-refractivity contribution in [3.63, 3.8) is 0 Å². The summed E-state index contributed by atoms with van der Waals surface area (Å²) < 4.78 is 137. The van der Waals surface area contributed by atoms with Crippen LogP contribution in [0.3, 0.4) is 0 Å².